The molecule has 0 aliphatic carbocycles. The molecule has 0 aliphatic rings. The Labute approximate surface area is 119 Å². The van der Waals surface area contributed by atoms with Crippen LogP contribution in [0.15, 0.2) is 39.5 Å². The monoisotopic (exact) mass is 290 g/mol. The van der Waals surface area contributed by atoms with E-state index in [1.54, 1.807) is 18.2 Å². The number of likely N-dealkylation sites (N-methyl/N-ethyl adjacent to an activating group) is 1. The Morgan fingerprint density at radius 2 is 1.95 bits per heavy atom. The molecular weight excluding hydrogens is 276 g/mol. The normalized spacial score (nSPS) is 10.1. The minimum absolute atomic E-state index is 0.106. The number of rotatable bonds is 5. The number of hydrogen-bond acceptors (Lipinski definition) is 5. The van der Waals surface area contributed by atoms with E-state index in [1.807, 2.05) is 0 Å². The zero-order valence-corrected chi connectivity index (χ0v) is 11.3. The molecule has 1 aromatic heterocycles. The molecule has 7 nitrogen and oxygen atoms in total. The Balaban J connectivity index is 1.95. The van der Waals surface area contributed by atoms with Crippen LogP contribution in [0.25, 0.3) is 11.0 Å². The molecule has 0 saturated carbocycles. The first-order valence-corrected chi connectivity index (χ1v) is 6.22. The first kappa shape index (κ1) is 14.6. The summed E-state index contributed by atoms with van der Waals surface area (Å²) in [6.07, 6.45) is 0. The quantitative estimate of drug-likeness (QED) is 0.757. The lowest BCUT2D eigenvalue weighted by Crippen LogP contribution is -2.37. The summed E-state index contributed by atoms with van der Waals surface area (Å²) in [5, 5.41) is 5.54. The molecular formula is C14H14N2O5. The fraction of sp³-hybridized carbons (Fsp3) is 0.214. The zero-order valence-electron chi connectivity index (χ0n) is 11.3. The molecule has 21 heavy (non-hydrogen) atoms. The van der Waals surface area contributed by atoms with Gasteiger partial charge in [0.1, 0.15) is 11.3 Å². The lowest BCUT2D eigenvalue weighted by atomic mass is 10.2. The molecule has 0 spiro atoms. The first-order valence-electron chi connectivity index (χ1n) is 6.22. The predicted molar refractivity (Wildman–Crippen MR) is 75.1 cm³/mol. The van der Waals surface area contributed by atoms with E-state index in [-0.39, 0.29) is 19.1 Å². The molecule has 0 fully saturated rings. The lowest BCUT2D eigenvalue weighted by molar-refractivity contribution is -0.127. The summed E-state index contributed by atoms with van der Waals surface area (Å²) in [5.74, 6) is -0.323. The van der Waals surface area contributed by atoms with Gasteiger partial charge in [0.15, 0.2) is 6.61 Å². The Hall–Kier alpha value is -2.83. The van der Waals surface area contributed by atoms with Gasteiger partial charge in [0.25, 0.3) is 5.91 Å². The zero-order chi connectivity index (χ0) is 15.2. The third-order valence-electron chi connectivity index (χ3n) is 2.69. The maximum atomic E-state index is 11.5. The highest BCUT2D eigenvalue weighted by Crippen LogP contribution is 2.19. The van der Waals surface area contributed by atoms with Crippen molar-refractivity contribution in [3.63, 3.8) is 0 Å². The summed E-state index contributed by atoms with van der Waals surface area (Å²) < 4.78 is 10.3. The van der Waals surface area contributed by atoms with Gasteiger partial charge in [-0.2, -0.15) is 0 Å². The van der Waals surface area contributed by atoms with Crippen molar-refractivity contribution in [2.75, 3.05) is 20.2 Å². The number of carbonyl (C=O) groups excluding carboxylic acids is 2. The summed E-state index contributed by atoms with van der Waals surface area (Å²) in [4.78, 5) is 33.6. The first-order chi connectivity index (χ1) is 10.1. The molecule has 0 bridgehead atoms. The van der Waals surface area contributed by atoms with Crippen LogP contribution in [0.5, 0.6) is 5.75 Å². The maximum absolute atomic E-state index is 11.5. The Morgan fingerprint density at radius 3 is 2.71 bits per heavy atom. The summed E-state index contributed by atoms with van der Waals surface area (Å²) >= 11 is 0. The molecule has 2 rings (SSSR count). The van der Waals surface area contributed by atoms with E-state index in [0.29, 0.717) is 11.3 Å². The predicted octanol–water partition coefficient (Wildman–Crippen LogP) is 0.0340. The number of fused-ring (bicyclic) bond motifs is 1. The SMILES string of the molecule is CNC(=O)CNC(=O)COc1ccc2ccc(=O)oc2c1. The second-order valence-corrected chi connectivity index (χ2v) is 4.19. The van der Waals surface area contributed by atoms with Gasteiger partial charge in [-0.25, -0.2) is 4.79 Å². The fourth-order valence-electron chi connectivity index (χ4n) is 1.60. The summed E-state index contributed by atoms with van der Waals surface area (Å²) in [7, 11) is 1.48. The highest BCUT2D eigenvalue weighted by molar-refractivity contribution is 5.85. The van der Waals surface area contributed by atoms with E-state index in [4.69, 9.17) is 9.15 Å². The highest BCUT2D eigenvalue weighted by Gasteiger charge is 2.06. The number of hydrogen-bond donors (Lipinski definition) is 2. The van der Waals surface area contributed by atoms with Crippen LogP contribution in [-0.4, -0.2) is 32.0 Å². The van der Waals surface area contributed by atoms with E-state index in [1.165, 1.54) is 19.2 Å². The fourth-order valence-corrected chi connectivity index (χ4v) is 1.60. The molecule has 0 aliphatic heterocycles. The van der Waals surface area contributed by atoms with Crippen LogP contribution in [-0.2, 0) is 9.59 Å². The minimum Gasteiger partial charge on any atom is -0.484 e. The highest BCUT2D eigenvalue weighted by atomic mass is 16.5. The van der Waals surface area contributed by atoms with Crippen LogP contribution in [0.3, 0.4) is 0 Å². The van der Waals surface area contributed by atoms with Crippen molar-refractivity contribution in [2.45, 2.75) is 0 Å². The van der Waals surface area contributed by atoms with E-state index < -0.39 is 11.5 Å². The third kappa shape index (κ3) is 4.07. The van der Waals surface area contributed by atoms with Crippen LogP contribution in [0.2, 0.25) is 0 Å². The number of carbonyl (C=O) groups is 2. The van der Waals surface area contributed by atoms with Gasteiger partial charge in [0.05, 0.1) is 6.54 Å². The van der Waals surface area contributed by atoms with E-state index in [9.17, 15) is 14.4 Å². The van der Waals surface area contributed by atoms with Crippen LogP contribution in [0.4, 0.5) is 0 Å². The molecule has 0 radical (unpaired) electrons. The van der Waals surface area contributed by atoms with Crippen molar-refractivity contribution in [3.8, 4) is 5.75 Å². The molecule has 2 amide bonds. The van der Waals surface area contributed by atoms with Crippen molar-refractivity contribution < 1.29 is 18.7 Å². The van der Waals surface area contributed by atoms with Crippen molar-refractivity contribution >= 4 is 22.8 Å². The largest absolute Gasteiger partial charge is 0.484 e. The van der Waals surface area contributed by atoms with Crippen molar-refractivity contribution in [1.82, 2.24) is 10.6 Å². The second kappa shape index (κ2) is 6.56. The molecule has 0 unspecified atom stereocenters. The minimum atomic E-state index is -0.456. The molecule has 1 heterocycles. The smallest absolute Gasteiger partial charge is 0.336 e. The molecule has 2 aromatic rings. The average Bonchev–Trinajstić information content (AvgIpc) is 2.49. The molecule has 1 aromatic carbocycles. The molecule has 110 valence electrons. The van der Waals surface area contributed by atoms with Crippen LogP contribution in [0, 0.1) is 0 Å². The van der Waals surface area contributed by atoms with Gasteiger partial charge in [-0.15, -0.1) is 0 Å². The summed E-state index contributed by atoms with van der Waals surface area (Å²) in [5.41, 5.74) is -0.0752. The lowest BCUT2D eigenvalue weighted by Gasteiger charge is -2.07. The molecule has 2 N–H and O–H groups in total. The molecule has 7 heteroatoms. The number of nitrogens with one attached hydrogen (secondary N) is 2. The number of amides is 2. The maximum Gasteiger partial charge on any atom is 0.336 e. The summed E-state index contributed by atoms with van der Waals surface area (Å²) in [6, 6.07) is 7.88. The topological polar surface area (TPSA) is 97.6 Å². The van der Waals surface area contributed by atoms with Gasteiger partial charge in [-0.1, -0.05) is 0 Å². The Morgan fingerprint density at radius 1 is 1.19 bits per heavy atom. The van der Waals surface area contributed by atoms with Gasteiger partial charge in [-0.3, -0.25) is 9.59 Å². The van der Waals surface area contributed by atoms with E-state index >= 15 is 0 Å². The Kier molecular flexibility index (Phi) is 4.55. The molecule has 0 atom stereocenters. The van der Waals surface area contributed by atoms with Crippen molar-refractivity contribution in [2.24, 2.45) is 0 Å². The number of benzene rings is 1. The second-order valence-electron chi connectivity index (χ2n) is 4.19. The van der Waals surface area contributed by atoms with E-state index in [0.717, 1.165) is 5.39 Å². The standard InChI is InChI=1S/C14H14N2O5/c1-15-12(17)7-16-13(18)8-20-10-4-2-9-3-5-14(19)21-11(9)6-10/h2-6H,7-8H2,1H3,(H,15,17)(H,16,18). The van der Waals surface area contributed by atoms with Gasteiger partial charge in [-0.05, 0) is 18.2 Å². The molecule has 0 saturated heterocycles. The average molecular weight is 290 g/mol. The van der Waals surface area contributed by atoms with Gasteiger partial charge >= 0.3 is 5.63 Å². The number of ether oxygens (including phenoxy) is 1. The van der Waals surface area contributed by atoms with Crippen LogP contribution < -0.4 is 21.0 Å². The third-order valence-corrected chi connectivity index (χ3v) is 2.69. The van der Waals surface area contributed by atoms with Crippen molar-refractivity contribution in [3.05, 3.63) is 40.8 Å². The van der Waals surface area contributed by atoms with Gasteiger partial charge in [0, 0.05) is 24.6 Å². The van der Waals surface area contributed by atoms with E-state index in [2.05, 4.69) is 10.6 Å². The Bertz CT molecular complexity index is 723. The van der Waals surface area contributed by atoms with Crippen molar-refractivity contribution in [1.29, 1.82) is 0 Å². The van der Waals surface area contributed by atoms with Crippen LogP contribution >= 0.6 is 0 Å². The van der Waals surface area contributed by atoms with Gasteiger partial charge < -0.3 is 19.8 Å². The summed E-state index contributed by atoms with van der Waals surface area (Å²) in [6.45, 7) is -0.342. The van der Waals surface area contributed by atoms with Crippen LogP contribution in [0.1, 0.15) is 0 Å². The van der Waals surface area contributed by atoms with Gasteiger partial charge in [0.2, 0.25) is 5.91 Å².